The summed E-state index contributed by atoms with van der Waals surface area (Å²) in [6.07, 6.45) is 0. The van der Waals surface area contributed by atoms with Gasteiger partial charge in [-0.1, -0.05) is 0 Å². The first-order valence-corrected chi connectivity index (χ1v) is 6.10. The zero-order chi connectivity index (χ0) is 11.5. The summed E-state index contributed by atoms with van der Waals surface area (Å²) < 4.78 is 18.8. The number of nitrogens with zero attached hydrogens (tertiary/aromatic N) is 1. The molecule has 0 bridgehead atoms. The van der Waals surface area contributed by atoms with Gasteiger partial charge in [0.1, 0.15) is 18.2 Å². The first kappa shape index (κ1) is 11.3. The van der Waals surface area contributed by atoms with Crippen LogP contribution in [0.4, 0.5) is 9.52 Å². The maximum Gasteiger partial charge on any atom is 0.180 e. The number of aromatic nitrogens is 1. The summed E-state index contributed by atoms with van der Waals surface area (Å²) in [4.78, 5) is 4.05. The van der Waals surface area contributed by atoms with Crippen LogP contribution >= 0.6 is 27.3 Å². The van der Waals surface area contributed by atoms with Gasteiger partial charge < -0.3 is 10.5 Å². The van der Waals surface area contributed by atoms with E-state index in [1.165, 1.54) is 23.5 Å². The largest absolute Gasteiger partial charge is 0.486 e. The van der Waals surface area contributed by atoms with Crippen molar-refractivity contribution >= 4 is 32.4 Å². The number of ether oxygens (including phenoxy) is 1. The Balaban J connectivity index is 2.04. The SMILES string of the molecule is Nc1nc(COc2ccc(F)cc2Br)cs1. The van der Waals surface area contributed by atoms with E-state index in [2.05, 4.69) is 20.9 Å². The van der Waals surface area contributed by atoms with Gasteiger partial charge in [0.2, 0.25) is 0 Å². The summed E-state index contributed by atoms with van der Waals surface area (Å²) >= 11 is 4.58. The van der Waals surface area contributed by atoms with Crippen molar-refractivity contribution < 1.29 is 9.13 Å². The van der Waals surface area contributed by atoms with Gasteiger partial charge in [-0.05, 0) is 34.1 Å². The van der Waals surface area contributed by atoms with Gasteiger partial charge in [-0.15, -0.1) is 11.3 Å². The summed E-state index contributed by atoms with van der Waals surface area (Å²) in [5, 5.41) is 2.34. The normalized spacial score (nSPS) is 10.4. The molecular formula is C10H8BrFN2OS. The molecule has 84 valence electrons. The predicted molar refractivity (Wildman–Crippen MR) is 65.0 cm³/mol. The molecule has 2 aromatic rings. The van der Waals surface area contributed by atoms with Crippen LogP contribution in [-0.2, 0) is 6.61 Å². The van der Waals surface area contributed by atoms with Crippen molar-refractivity contribution in [1.82, 2.24) is 4.98 Å². The number of hydrogen-bond donors (Lipinski definition) is 1. The number of nitrogens with two attached hydrogens (primary N) is 1. The van der Waals surface area contributed by atoms with Gasteiger partial charge in [0.15, 0.2) is 5.13 Å². The highest BCUT2D eigenvalue weighted by molar-refractivity contribution is 9.10. The topological polar surface area (TPSA) is 48.1 Å². The fourth-order valence-electron chi connectivity index (χ4n) is 1.13. The van der Waals surface area contributed by atoms with Crippen LogP contribution in [0.1, 0.15) is 5.69 Å². The number of thiazole rings is 1. The van der Waals surface area contributed by atoms with E-state index in [9.17, 15) is 4.39 Å². The number of benzene rings is 1. The molecular weight excluding hydrogens is 295 g/mol. The third kappa shape index (κ3) is 2.70. The minimum atomic E-state index is -0.308. The maximum atomic E-state index is 12.8. The quantitative estimate of drug-likeness (QED) is 0.947. The Kier molecular flexibility index (Phi) is 3.40. The summed E-state index contributed by atoms with van der Waals surface area (Å²) in [6.45, 7) is 0.317. The molecule has 1 aromatic heterocycles. The molecule has 6 heteroatoms. The van der Waals surface area contributed by atoms with Crippen LogP contribution in [0.3, 0.4) is 0 Å². The molecule has 3 nitrogen and oxygen atoms in total. The lowest BCUT2D eigenvalue weighted by atomic mass is 10.3. The van der Waals surface area contributed by atoms with Crippen molar-refractivity contribution in [1.29, 1.82) is 0 Å². The van der Waals surface area contributed by atoms with Crippen molar-refractivity contribution in [2.75, 3.05) is 5.73 Å². The van der Waals surface area contributed by atoms with E-state index in [0.29, 0.717) is 22.0 Å². The number of halogens is 2. The average molecular weight is 303 g/mol. The minimum Gasteiger partial charge on any atom is -0.486 e. The highest BCUT2D eigenvalue weighted by atomic mass is 79.9. The lowest BCUT2D eigenvalue weighted by Gasteiger charge is -2.06. The molecule has 1 heterocycles. The zero-order valence-electron chi connectivity index (χ0n) is 8.11. The van der Waals surface area contributed by atoms with Crippen molar-refractivity contribution in [3.8, 4) is 5.75 Å². The van der Waals surface area contributed by atoms with Crippen LogP contribution in [0.25, 0.3) is 0 Å². The van der Waals surface area contributed by atoms with E-state index in [1.807, 2.05) is 5.38 Å². The van der Waals surface area contributed by atoms with E-state index >= 15 is 0 Å². The molecule has 16 heavy (non-hydrogen) atoms. The number of anilines is 1. The van der Waals surface area contributed by atoms with E-state index in [1.54, 1.807) is 6.07 Å². The summed E-state index contributed by atoms with van der Waals surface area (Å²) in [5.74, 6) is 0.269. The van der Waals surface area contributed by atoms with E-state index < -0.39 is 0 Å². The maximum absolute atomic E-state index is 12.8. The molecule has 1 aromatic carbocycles. The second-order valence-corrected chi connectivity index (χ2v) is 4.78. The fraction of sp³-hybridized carbons (Fsp3) is 0.100. The van der Waals surface area contributed by atoms with Crippen LogP contribution in [-0.4, -0.2) is 4.98 Å². The first-order valence-electron chi connectivity index (χ1n) is 4.43. The van der Waals surface area contributed by atoms with Crippen LogP contribution in [0.15, 0.2) is 28.1 Å². The van der Waals surface area contributed by atoms with Gasteiger partial charge in [-0.25, -0.2) is 9.37 Å². The van der Waals surface area contributed by atoms with Gasteiger partial charge in [0.25, 0.3) is 0 Å². The average Bonchev–Trinajstić information content (AvgIpc) is 2.63. The van der Waals surface area contributed by atoms with Crippen molar-refractivity contribution in [3.63, 3.8) is 0 Å². The highest BCUT2D eigenvalue weighted by Gasteiger charge is 2.04. The Morgan fingerprint density at radius 1 is 1.50 bits per heavy atom. The van der Waals surface area contributed by atoms with Gasteiger partial charge in [-0.2, -0.15) is 0 Å². The molecule has 2 rings (SSSR count). The molecule has 0 atom stereocenters. The van der Waals surface area contributed by atoms with E-state index in [0.717, 1.165) is 5.69 Å². The van der Waals surface area contributed by atoms with Gasteiger partial charge in [0.05, 0.1) is 10.2 Å². The van der Waals surface area contributed by atoms with Gasteiger partial charge in [0, 0.05) is 5.38 Å². The molecule has 0 aliphatic heterocycles. The van der Waals surface area contributed by atoms with Crippen LogP contribution in [0.2, 0.25) is 0 Å². The highest BCUT2D eigenvalue weighted by Crippen LogP contribution is 2.26. The van der Waals surface area contributed by atoms with Crippen LogP contribution in [0, 0.1) is 5.82 Å². The minimum absolute atomic E-state index is 0.308. The third-order valence-corrected chi connectivity index (χ3v) is 3.18. The predicted octanol–water partition coefficient (Wildman–Crippen LogP) is 3.21. The molecule has 0 saturated carbocycles. The Hall–Kier alpha value is -1.14. The molecule has 2 N–H and O–H groups in total. The monoisotopic (exact) mass is 302 g/mol. The smallest absolute Gasteiger partial charge is 0.180 e. The Morgan fingerprint density at radius 2 is 2.31 bits per heavy atom. The molecule has 0 unspecified atom stereocenters. The summed E-state index contributed by atoms with van der Waals surface area (Å²) in [7, 11) is 0. The molecule has 0 spiro atoms. The van der Waals surface area contributed by atoms with Crippen LogP contribution < -0.4 is 10.5 Å². The molecule has 0 aliphatic rings. The molecule has 0 saturated heterocycles. The van der Waals surface area contributed by atoms with Gasteiger partial charge in [-0.3, -0.25) is 0 Å². The lowest BCUT2D eigenvalue weighted by molar-refractivity contribution is 0.300. The molecule has 0 aliphatic carbocycles. The Morgan fingerprint density at radius 3 is 2.94 bits per heavy atom. The molecule has 0 amide bonds. The first-order chi connectivity index (χ1) is 7.65. The zero-order valence-corrected chi connectivity index (χ0v) is 10.5. The number of rotatable bonds is 3. The lowest BCUT2D eigenvalue weighted by Crippen LogP contribution is -1.97. The fourth-order valence-corrected chi connectivity index (χ4v) is 2.15. The second-order valence-electron chi connectivity index (χ2n) is 3.04. The van der Waals surface area contributed by atoms with E-state index in [-0.39, 0.29) is 5.82 Å². The van der Waals surface area contributed by atoms with Gasteiger partial charge >= 0.3 is 0 Å². The second kappa shape index (κ2) is 4.80. The third-order valence-electron chi connectivity index (χ3n) is 1.84. The standard InChI is InChI=1S/C10H8BrFN2OS/c11-8-3-6(12)1-2-9(8)15-4-7-5-16-10(13)14-7/h1-3,5H,4H2,(H2,13,14). The number of nitrogen functional groups attached to an aromatic ring is 1. The van der Waals surface area contributed by atoms with Crippen LogP contribution in [0.5, 0.6) is 5.75 Å². The van der Waals surface area contributed by atoms with E-state index in [4.69, 9.17) is 10.5 Å². The molecule has 0 radical (unpaired) electrons. The Labute approximate surface area is 104 Å². The van der Waals surface area contributed by atoms with Crippen molar-refractivity contribution in [2.45, 2.75) is 6.61 Å². The Bertz CT molecular complexity index is 503. The molecule has 0 fully saturated rings. The van der Waals surface area contributed by atoms with Crippen molar-refractivity contribution in [2.24, 2.45) is 0 Å². The summed E-state index contributed by atoms with van der Waals surface area (Å²) in [6, 6.07) is 4.26. The summed E-state index contributed by atoms with van der Waals surface area (Å²) in [5.41, 5.74) is 6.25. The van der Waals surface area contributed by atoms with Crippen molar-refractivity contribution in [3.05, 3.63) is 39.6 Å². The number of hydrogen-bond acceptors (Lipinski definition) is 4.